The van der Waals surface area contributed by atoms with E-state index >= 15 is 0 Å². The van der Waals surface area contributed by atoms with E-state index in [-0.39, 0.29) is 24.0 Å². The third-order valence-corrected chi connectivity index (χ3v) is 2.91. The molecule has 0 amide bonds. The van der Waals surface area contributed by atoms with Gasteiger partial charge in [0, 0.05) is 19.1 Å². The first-order chi connectivity index (χ1) is 10.1. The SMILES string of the molecule is CCNC(=NCCc1cc(OC)ccc1OC)NC(C)C.I. The molecule has 0 aliphatic rings. The van der Waals surface area contributed by atoms with Gasteiger partial charge < -0.3 is 20.1 Å². The summed E-state index contributed by atoms with van der Waals surface area (Å²) in [6.45, 7) is 7.78. The lowest BCUT2D eigenvalue weighted by molar-refractivity contribution is 0.399. The van der Waals surface area contributed by atoms with E-state index in [1.54, 1.807) is 14.2 Å². The lowest BCUT2D eigenvalue weighted by Gasteiger charge is -2.14. The second-order valence-corrected chi connectivity index (χ2v) is 4.99. The summed E-state index contributed by atoms with van der Waals surface area (Å²) in [6, 6.07) is 6.18. The van der Waals surface area contributed by atoms with Crippen LogP contribution in [0.2, 0.25) is 0 Å². The van der Waals surface area contributed by atoms with Crippen LogP contribution in [0, 0.1) is 0 Å². The zero-order valence-corrected chi connectivity index (χ0v) is 16.4. The number of guanidine groups is 1. The van der Waals surface area contributed by atoms with Crippen LogP contribution < -0.4 is 20.1 Å². The van der Waals surface area contributed by atoms with Crippen LogP contribution in [0.1, 0.15) is 26.3 Å². The highest BCUT2D eigenvalue weighted by molar-refractivity contribution is 14.0. The van der Waals surface area contributed by atoms with Crippen molar-refractivity contribution in [1.82, 2.24) is 10.6 Å². The molecular formula is C16H28IN3O2. The first-order valence-corrected chi connectivity index (χ1v) is 7.36. The van der Waals surface area contributed by atoms with Crippen LogP contribution in [-0.4, -0.2) is 39.3 Å². The Hall–Kier alpha value is -1.18. The normalized spacial score (nSPS) is 10.9. The van der Waals surface area contributed by atoms with Gasteiger partial charge in [0.15, 0.2) is 5.96 Å². The predicted octanol–water partition coefficient (Wildman–Crippen LogP) is 2.83. The van der Waals surface area contributed by atoms with Gasteiger partial charge in [-0.05, 0) is 51.0 Å². The molecule has 126 valence electrons. The fourth-order valence-corrected chi connectivity index (χ4v) is 1.96. The number of hydrogen-bond donors (Lipinski definition) is 2. The van der Waals surface area contributed by atoms with E-state index < -0.39 is 0 Å². The molecule has 5 nitrogen and oxygen atoms in total. The molecule has 6 heteroatoms. The number of hydrogen-bond acceptors (Lipinski definition) is 3. The van der Waals surface area contributed by atoms with Gasteiger partial charge in [-0.15, -0.1) is 24.0 Å². The van der Waals surface area contributed by atoms with Gasteiger partial charge in [-0.1, -0.05) is 0 Å². The van der Waals surface area contributed by atoms with Crippen LogP contribution in [0.4, 0.5) is 0 Å². The maximum atomic E-state index is 5.38. The highest BCUT2D eigenvalue weighted by atomic mass is 127. The predicted molar refractivity (Wildman–Crippen MR) is 103 cm³/mol. The molecule has 0 fully saturated rings. The second-order valence-electron chi connectivity index (χ2n) is 4.99. The van der Waals surface area contributed by atoms with Crippen LogP contribution in [0.15, 0.2) is 23.2 Å². The Morgan fingerprint density at radius 3 is 2.50 bits per heavy atom. The van der Waals surface area contributed by atoms with E-state index in [0.29, 0.717) is 12.6 Å². The Kier molecular flexibility index (Phi) is 10.8. The monoisotopic (exact) mass is 421 g/mol. The molecule has 0 aliphatic carbocycles. The maximum Gasteiger partial charge on any atom is 0.191 e. The van der Waals surface area contributed by atoms with Crippen LogP contribution in [0.5, 0.6) is 11.5 Å². The van der Waals surface area contributed by atoms with E-state index in [1.807, 2.05) is 18.2 Å². The molecule has 0 unspecified atom stereocenters. The van der Waals surface area contributed by atoms with Gasteiger partial charge in [0.1, 0.15) is 11.5 Å². The maximum absolute atomic E-state index is 5.38. The minimum atomic E-state index is 0. The average molecular weight is 421 g/mol. The Bertz CT molecular complexity index is 465. The van der Waals surface area contributed by atoms with Crippen molar-refractivity contribution in [2.75, 3.05) is 27.3 Å². The van der Waals surface area contributed by atoms with Gasteiger partial charge in [0.2, 0.25) is 0 Å². The van der Waals surface area contributed by atoms with Crippen LogP contribution in [-0.2, 0) is 6.42 Å². The topological polar surface area (TPSA) is 54.9 Å². The van der Waals surface area contributed by atoms with Crippen molar-refractivity contribution in [3.8, 4) is 11.5 Å². The molecule has 1 rings (SSSR count). The van der Waals surface area contributed by atoms with Crippen molar-refractivity contribution in [2.45, 2.75) is 33.2 Å². The summed E-state index contributed by atoms with van der Waals surface area (Å²) in [5.74, 6) is 2.55. The Morgan fingerprint density at radius 1 is 1.23 bits per heavy atom. The van der Waals surface area contributed by atoms with Crippen molar-refractivity contribution in [3.63, 3.8) is 0 Å². The van der Waals surface area contributed by atoms with E-state index in [2.05, 4.69) is 36.4 Å². The average Bonchev–Trinajstić information content (AvgIpc) is 2.46. The fourth-order valence-electron chi connectivity index (χ4n) is 1.96. The summed E-state index contributed by atoms with van der Waals surface area (Å²) in [5, 5.41) is 6.54. The van der Waals surface area contributed by atoms with Crippen molar-refractivity contribution >= 4 is 29.9 Å². The molecule has 0 atom stereocenters. The Balaban J connectivity index is 0.00000441. The molecule has 22 heavy (non-hydrogen) atoms. The van der Waals surface area contributed by atoms with Crippen LogP contribution >= 0.6 is 24.0 Å². The summed E-state index contributed by atoms with van der Waals surface area (Å²) < 4.78 is 10.6. The molecule has 0 spiro atoms. The Labute approximate surface area is 150 Å². The molecule has 0 aromatic heterocycles. The number of aliphatic imine (C=N–C) groups is 1. The summed E-state index contributed by atoms with van der Waals surface area (Å²) in [4.78, 5) is 4.58. The van der Waals surface area contributed by atoms with Gasteiger partial charge in [-0.3, -0.25) is 4.99 Å². The largest absolute Gasteiger partial charge is 0.497 e. The van der Waals surface area contributed by atoms with E-state index in [1.165, 1.54) is 0 Å². The third-order valence-electron chi connectivity index (χ3n) is 2.91. The first-order valence-electron chi connectivity index (χ1n) is 7.36. The number of methoxy groups -OCH3 is 2. The zero-order chi connectivity index (χ0) is 15.7. The van der Waals surface area contributed by atoms with Gasteiger partial charge in [0.25, 0.3) is 0 Å². The minimum Gasteiger partial charge on any atom is -0.497 e. The quantitative estimate of drug-likeness (QED) is 0.404. The smallest absolute Gasteiger partial charge is 0.191 e. The van der Waals surface area contributed by atoms with Crippen molar-refractivity contribution < 1.29 is 9.47 Å². The van der Waals surface area contributed by atoms with Crippen molar-refractivity contribution in [3.05, 3.63) is 23.8 Å². The number of nitrogens with zero attached hydrogens (tertiary/aromatic N) is 1. The molecule has 0 heterocycles. The van der Waals surface area contributed by atoms with Gasteiger partial charge >= 0.3 is 0 Å². The lowest BCUT2D eigenvalue weighted by Crippen LogP contribution is -2.41. The Morgan fingerprint density at radius 2 is 1.95 bits per heavy atom. The molecule has 1 aromatic carbocycles. The van der Waals surface area contributed by atoms with Gasteiger partial charge in [-0.2, -0.15) is 0 Å². The standard InChI is InChI=1S/C16H27N3O2.HI/c1-6-17-16(19-12(2)3)18-10-9-13-11-14(20-4)7-8-15(13)21-5;/h7-8,11-12H,6,9-10H2,1-5H3,(H2,17,18,19);1H. The molecular weight excluding hydrogens is 393 g/mol. The molecule has 0 radical (unpaired) electrons. The lowest BCUT2D eigenvalue weighted by atomic mass is 10.1. The van der Waals surface area contributed by atoms with E-state index in [4.69, 9.17) is 9.47 Å². The summed E-state index contributed by atoms with van der Waals surface area (Å²) in [6.07, 6.45) is 0.801. The fraction of sp³-hybridized carbons (Fsp3) is 0.562. The second kappa shape index (κ2) is 11.4. The van der Waals surface area contributed by atoms with Gasteiger partial charge in [-0.25, -0.2) is 0 Å². The van der Waals surface area contributed by atoms with Crippen LogP contribution in [0.25, 0.3) is 0 Å². The number of nitrogens with one attached hydrogen (secondary N) is 2. The molecule has 0 saturated heterocycles. The molecule has 0 bridgehead atoms. The number of rotatable bonds is 7. The first kappa shape index (κ1) is 20.8. The number of benzene rings is 1. The highest BCUT2D eigenvalue weighted by Gasteiger charge is 2.05. The minimum absolute atomic E-state index is 0. The number of halogens is 1. The molecule has 0 aliphatic heterocycles. The van der Waals surface area contributed by atoms with E-state index in [9.17, 15) is 0 Å². The van der Waals surface area contributed by atoms with Gasteiger partial charge in [0.05, 0.1) is 14.2 Å². The highest BCUT2D eigenvalue weighted by Crippen LogP contribution is 2.24. The van der Waals surface area contributed by atoms with E-state index in [0.717, 1.165) is 36.0 Å². The zero-order valence-electron chi connectivity index (χ0n) is 14.1. The van der Waals surface area contributed by atoms with Crippen molar-refractivity contribution in [1.29, 1.82) is 0 Å². The molecule has 0 saturated carbocycles. The summed E-state index contributed by atoms with van der Waals surface area (Å²) in [7, 11) is 3.35. The number of ether oxygens (including phenoxy) is 2. The van der Waals surface area contributed by atoms with Crippen LogP contribution in [0.3, 0.4) is 0 Å². The molecule has 1 aromatic rings. The molecule has 2 N–H and O–H groups in total. The summed E-state index contributed by atoms with van der Waals surface area (Å²) in [5.41, 5.74) is 1.10. The third kappa shape index (κ3) is 7.20. The summed E-state index contributed by atoms with van der Waals surface area (Å²) >= 11 is 0. The van der Waals surface area contributed by atoms with Crippen molar-refractivity contribution in [2.24, 2.45) is 4.99 Å².